The van der Waals surface area contributed by atoms with Crippen LogP contribution >= 0.6 is 0 Å². The molecule has 0 aliphatic rings. The van der Waals surface area contributed by atoms with Gasteiger partial charge in [0.25, 0.3) is 0 Å². The van der Waals surface area contributed by atoms with Gasteiger partial charge >= 0.3 is 5.69 Å². The quantitative estimate of drug-likeness (QED) is 0.461. The molecule has 6 heteroatoms. The molecule has 0 aliphatic carbocycles. The van der Waals surface area contributed by atoms with Gasteiger partial charge in [0.1, 0.15) is 6.61 Å². The van der Waals surface area contributed by atoms with Crippen LogP contribution in [0.1, 0.15) is 0 Å². The molecular formula is C10H15N3O3. The largest absolute Gasteiger partial charge is 0.485 e. The third-order valence-corrected chi connectivity index (χ3v) is 1.98. The lowest BCUT2D eigenvalue weighted by Gasteiger charge is -2.11. The van der Waals surface area contributed by atoms with E-state index in [1.807, 2.05) is 19.0 Å². The molecule has 0 heterocycles. The Morgan fingerprint density at radius 3 is 2.75 bits per heavy atom. The molecule has 6 nitrogen and oxygen atoms in total. The maximum absolute atomic E-state index is 10.7. The van der Waals surface area contributed by atoms with Crippen LogP contribution in [-0.2, 0) is 0 Å². The van der Waals surface area contributed by atoms with E-state index in [1.165, 1.54) is 12.1 Å². The molecule has 16 heavy (non-hydrogen) atoms. The van der Waals surface area contributed by atoms with Gasteiger partial charge in [-0.3, -0.25) is 10.1 Å². The first-order chi connectivity index (χ1) is 7.50. The van der Waals surface area contributed by atoms with E-state index in [0.29, 0.717) is 18.8 Å². The molecule has 1 rings (SSSR count). The molecule has 0 aliphatic heterocycles. The standard InChI is InChI=1S/C10H15N3O3/c1-12(2)5-6-16-10-4-3-8(11)7-9(10)13(14)15/h3-4,7H,5-6,11H2,1-2H3. The molecule has 0 amide bonds. The number of nitrogens with two attached hydrogens (primary N) is 1. The van der Waals surface area contributed by atoms with E-state index in [9.17, 15) is 10.1 Å². The predicted octanol–water partition coefficient (Wildman–Crippen LogP) is 1.12. The third kappa shape index (κ3) is 3.39. The number of hydrogen-bond donors (Lipinski definition) is 1. The van der Waals surface area contributed by atoms with Gasteiger partial charge in [0.05, 0.1) is 4.92 Å². The second-order valence-electron chi connectivity index (χ2n) is 3.64. The second kappa shape index (κ2) is 5.32. The van der Waals surface area contributed by atoms with Crippen molar-refractivity contribution in [3.05, 3.63) is 28.3 Å². The molecule has 0 unspecified atom stereocenters. The normalized spacial score (nSPS) is 10.4. The third-order valence-electron chi connectivity index (χ3n) is 1.98. The van der Waals surface area contributed by atoms with Crippen LogP contribution in [0.4, 0.5) is 11.4 Å². The van der Waals surface area contributed by atoms with E-state index in [0.717, 1.165) is 0 Å². The van der Waals surface area contributed by atoms with Crippen LogP contribution in [0.25, 0.3) is 0 Å². The summed E-state index contributed by atoms with van der Waals surface area (Å²) in [4.78, 5) is 12.2. The van der Waals surface area contributed by atoms with Crippen LogP contribution in [0.3, 0.4) is 0 Å². The molecular weight excluding hydrogens is 210 g/mol. The van der Waals surface area contributed by atoms with E-state index in [4.69, 9.17) is 10.5 Å². The highest BCUT2D eigenvalue weighted by Gasteiger charge is 2.15. The van der Waals surface area contributed by atoms with E-state index < -0.39 is 4.92 Å². The van der Waals surface area contributed by atoms with Crippen molar-refractivity contribution < 1.29 is 9.66 Å². The Bertz CT molecular complexity index is 380. The van der Waals surface area contributed by atoms with Crippen LogP contribution in [0.2, 0.25) is 0 Å². The molecule has 88 valence electrons. The summed E-state index contributed by atoms with van der Waals surface area (Å²) in [5, 5.41) is 10.7. The first kappa shape index (κ1) is 12.3. The Kier molecular flexibility index (Phi) is 4.07. The van der Waals surface area contributed by atoms with Crippen molar-refractivity contribution in [1.29, 1.82) is 0 Å². The fourth-order valence-corrected chi connectivity index (χ4v) is 1.14. The number of anilines is 1. The monoisotopic (exact) mass is 225 g/mol. The van der Waals surface area contributed by atoms with Gasteiger partial charge in [-0.05, 0) is 26.2 Å². The maximum atomic E-state index is 10.7. The number of nitro groups is 1. The minimum atomic E-state index is -0.499. The molecule has 0 bridgehead atoms. The minimum Gasteiger partial charge on any atom is -0.485 e. The molecule has 1 aromatic rings. The van der Waals surface area contributed by atoms with Gasteiger partial charge in [-0.25, -0.2) is 0 Å². The molecule has 0 spiro atoms. The Morgan fingerprint density at radius 1 is 1.50 bits per heavy atom. The minimum absolute atomic E-state index is 0.0984. The highest BCUT2D eigenvalue weighted by atomic mass is 16.6. The zero-order valence-electron chi connectivity index (χ0n) is 9.34. The van der Waals surface area contributed by atoms with Crippen LogP contribution in [-0.4, -0.2) is 37.1 Å². The number of rotatable bonds is 5. The summed E-state index contributed by atoms with van der Waals surface area (Å²) in [6.45, 7) is 1.10. The second-order valence-corrected chi connectivity index (χ2v) is 3.64. The van der Waals surface area contributed by atoms with Gasteiger partial charge in [-0.1, -0.05) is 0 Å². The van der Waals surface area contributed by atoms with Crippen molar-refractivity contribution in [1.82, 2.24) is 4.90 Å². The van der Waals surface area contributed by atoms with Gasteiger partial charge in [0.15, 0.2) is 5.75 Å². The van der Waals surface area contributed by atoms with E-state index in [-0.39, 0.29) is 11.4 Å². The fourth-order valence-electron chi connectivity index (χ4n) is 1.14. The zero-order chi connectivity index (χ0) is 12.1. The molecule has 1 aromatic carbocycles. The summed E-state index contributed by atoms with van der Waals surface area (Å²) in [7, 11) is 3.81. The van der Waals surface area contributed by atoms with Crippen molar-refractivity contribution in [2.45, 2.75) is 0 Å². The van der Waals surface area contributed by atoms with Crippen LogP contribution in [0.15, 0.2) is 18.2 Å². The Balaban J connectivity index is 2.75. The van der Waals surface area contributed by atoms with E-state index >= 15 is 0 Å². The van der Waals surface area contributed by atoms with Crippen LogP contribution in [0, 0.1) is 10.1 Å². The predicted molar refractivity (Wildman–Crippen MR) is 61.6 cm³/mol. The highest BCUT2D eigenvalue weighted by molar-refractivity contribution is 5.56. The number of benzene rings is 1. The first-order valence-electron chi connectivity index (χ1n) is 4.82. The average molecular weight is 225 g/mol. The Morgan fingerprint density at radius 2 is 2.19 bits per heavy atom. The van der Waals surface area contributed by atoms with Crippen molar-refractivity contribution >= 4 is 11.4 Å². The van der Waals surface area contributed by atoms with Gasteiger partial charge in [-0.15, -0.1) is 0 Å². The SMILES string of the molecule is CN(C)CCOc1ccc(N)cc1[N+](=O)[O-]. The zero-order valence-corrected chi connectivity index (χ0v) is 9.34. The fraction of sp³-hybridized carbons (Fsp3) is 0.400. The Labute approximate surface area is 93.8 Å². The van der Waals surface area contributed by atoms with Crippen LogP contribution < -0.4 is 10.5 Å². The summed E-state index contributed by atoms with van der Waals surface area (Å²) in [6.07, 6.45) is 0. The molecule has 0 atom stereocenters. The van der Waals surface area contributed by atoms with Gasteiger partial charge in [0.2, 0.25) is 0 Å². The molecule has 2 N–H and O–H groups in total. The van der Waals surface area contributed by atoms with Crippen LogP contribution in [0.5, 0.6) is 5.75 Å². The van der Waals surface area contributed by atoms with Crippen molar-refractivity contribution in [2.75, 3.05) is 33.0 Å². The summed E-state index contributed by atoms with van der Waals surface area (Å²) < 4.78 is 5.33. The first-order valence-corrected chi connectivity index (χ1v) is 4.82. The summed E-state index contributed by atoms with van der Waals surface area (Å²) in [5.74, 6) is 0.251. The highest BCUT2D eigenvalue weighted by Crippen LogP contribution is 2.28. The number of hydrogen-bond acceptors (Lipinski definition) is 5. The Hall–Kier alpha value is -1.82. The smallest absolute Gasteiger partial charge is 0.312 e. The maximum Gasteiger partial charge on any atom is 0.312 e. The summed E-state index contributed by atoms with van der Waals surface area (Å²) >= 11 is 0. The lowest BCUT2D eigenvalue weighted by molar-refractivity contribution is -0.385. The van der Waals surface area contributed by atoms with Gasteiger partial charge in [0, 0.05) is 18.3 Å². The topological polar surface area (TPSA) is 81.6 Å². The number of nitrogen functional groups attached to an aromatic ring is 1. The molecule has 0 aromatic heterocycles. The number of likely N-dealkylation sites (N-methyl/N-ethyl adjacent to an activating group) is 1. The lowest BCUT2D eigenvalue weighted by Crippen LogP contribution is -2.19. The summed E-state index contributed by atoms with van der Waals surface area (Å²) in [6, 6.07) is 4.39. The number of nitrogens with zero attached hydrogens (tertiary/aromatic N) is 2. The van der Waals surface area contributed by atoms with E-state index in [2.05, 4.69) is 0 Å². The van der Waals surface area contributed by atoms with Gasteiger partial charge in [-0.2, -0.15) is 0 Å². The van der Waals surface area contributed by atoms with Crippen molar-refractivity contribution in [2.24, 2.45) is 0 Å². The van der Waals surface area contributed by atoms with Gasteiger partial charge < -0.3 is 15.4 Å². The van der Waals surface area contributed by atoms with Crippen molar-refractivity contribution in [3.63, 3.8) is 0 Å². The average Bonchev–Trinajstić information content (AvgIpc) is 2.19. The number of nitro benzene ring substituents is 1. The lowest BCUT2D eigenvalue weighted by atomic mass is 10.2. The molecule has 0 saturated heterocycles. The molecule has 0 saturated carbocycles. The van der Waals surface area contributed by atoms with E-state index in [1.54, 1.807) is 6.07 Å². The summed E-state index contributed by atoms with van der Waals surface area (Å²) in [5.41, 5.74) is 5.73. The molecule has 0 fully saturated rings. The van der Waals surface area contributed by atoms with Crippen molar-refractivity contribution in [3.8, 4) is 5.75 Å². The number of ether oxygens (including phenoxy) is 1. The molecule has 0 radical (unpaired) electrons.